The minimum absolute atomic E-state index is 0.178. The molecule has 2 rings (SSSR count). The number of anilines is 1. The van der Waals surface area contributed by atoms with Crippen LogP contribution in [-0.4, -0.2) is 30.8 Å². The van der Waals surface area contributed by atoms with Gasteiger partial charge in [0.2, 0.25) is 12.7 Å². The molecule has 0 saturated carbocycles. The Kier molecular flexibility index (Phi) is 4.33. The normalized spacial score (nSPS) is 14.3. The van der Waals surface area contributed by atoms with Crippen molar-refractivity contribution >= 4 is 23.4 Å². The van der Waals surface area contributed by atoms with E-state index in [0.29, 0.717) is 23.6 Å². The van der Waals surface area contributed by atoms with Crippen molar-refractivity contribution < 1.29 is 14.3 Å². The summed E-state index contributed by atoms with van der Waals surface area (Å²) in [4.78, 5) is 11.8. The van der Waals surface area contributed by atoms with Gasteiger partial charge in [0.25, 0.3) is 0 Å². The first-order chi connectivity index (χ1) is 8.70. The standard InChI is InChI=1S/C12H16N2O3S/c1-18-5-4-9(13)12(15)14-8-2-3-10-11(6-8)17-7-16-10/h2-3,6,9H,4-5,7,13H2,1H3,(H,14,15)/t9-/m1/s1. The zero-order chi connectivity index (χ0) is 13.0. The second-order valence-electron chi connectivity index (χ2n) is 3.95. The van der Waals surface area contributed by atoms with Crippen LogP contribution in [-0.2, 0) is 4.79 Å². The quantitative estimate of drug-likeness (QED) is 0.845. The molecule has 1 aromatic rings. The fourth-order valence-corrected chi connectivity index (χ4v) is 2.07. The maximum atomic E-state index is 11.8. The van der Waals surface area contributed by atoms with Crippen LogP contribution in [0.5, 0.6) is 11.5 Å². The van der Waals surface area contributed by atoms with Crippen LogP contribution in [0.2, 0.25) is 0 Å². The van der Waals surface area contributed by atoms with Gasteiger partial charge in [-0.25, -0.2) is 0 Å². The number of ether oxygens (including phenoxy) is 2. The molecule has 1 atom stereocenters. The molecule has 3 N–H and O–H groups in total. The third-order valence-electron chi connectivity index (χ3n) is 2.61. The Hall–Kier alpha value is -1.40. The number of fused-ring (bicyclic) bond motifs is 1. The third kappa shape index (κ3) is 3.08. The average molecular weight is 268 g/mol. The van der Waals surface area contributed by atoms with Crippen LogP contribution in [0.15, 0.2) is 18.2 Å². The fourth-order valence-electron chi connectivity index (χ4n) is 1.59. The van der Waals surface area contributed by atoms with Crippen molar-refractivity contribution in [3.63, 3.8) is 0 Å². The molecule has 1 aromatic carbocycles. The summed E-state index contributed by atoms with van der Waals surface area (Å²) in [5.74, 6) is 2.03. The zero-order valence-corrected chi connectivity index (χ0v) is 11.0. The Morgan fingerprint density at radius 1 is 1.50 bits per heavy atom. The smallest absolute Gasteiger partial charge is 0.241 e. The number of amides is 1. The van der Waals surface area contributed by atoms with E-state index in [1.807, 2.05) is 6.26 Å². The van der Waals surface area contributed by atoms with Crippen molar-refractivity contribution in [1.29, 1.82) is 0 Å². The molecule has 0 spiro atoms. The molecule has 98 valence electrons. The average Bonchev–Trinajstić information content (AvgIpc) is 2.83. The maximum Gasteiger partial charge on any atom is 0.241 e. The van der Waals surface area contributed by atoms with Crippen LogP contribution in [0.3, 0.4) is 0 Å². The number of carbonyl (C=O) groups is 1. The molecule has 1 amide bonds. The summed E-state index contributed by atoms with van der Waals surface area (Å²) in [6.45, 7) is 0.222. The van der Waals surface area contributed by atoms with Crippen molar-refractivity contribution in [2.45, 2.75) is 12.5 Å². The highest BCUT2D eigenvalue weighted by Crippen LogP contribution is 2.34. The first kappa shape index (κ1) is 13.0. The van der Waals surface area contributed by atoms with E-state index in [9.17, 15) is 4.79 Å². The number of hydrogen-bond donors (Lipinski definition) is 2. The number of nitrogens with two attached hydrogens (primary N) is 1. The van der Waals surface area contributed by atoms with Gasteiger partial charge in [-0.15, -0.1) is 0 Å². The summed E-state index contributed by atoms with van der Waals surface area (Å²) < 4.78 is 10.4. The Labute approximate surface area is 110 Å². The Balaban J connectivity index is 1.94. The molecule has 1 aliphatic rings. The molecule has 0 unspecified atom stereocenters. The monoisotopic (exact) mass is 268 g/mol. The first-order valence-electron chi connectivity index (χ1n) is 5.65. The molecule has 0 saturated heterocycles. The van der Waals surface area contributed by atoms with E-state index < -0.39 is 6.04 Å². The summed E-state index contributed by atoms with van der Waals surface area (Å²) >= 11 is 1.67. The van der Waals surface area contributed by atoms with E-state index in [4.69, 9.17) is 15.2 Å². The van der Waals surface area contributed by atoms with Crippen LogP contribution in [0.4, 0.5) is 5.69 Å². The number of benzene rings is 1. The molecular weight excluding hydrogens is 252 g/mol. The van der Waals surface area contributed by atoms with Crippen molar-refractivity contribution in [2.24, 2.45) is 5.73 Å². The van der Waals surface area contributed by atoms with Crippen LogP contribution >= 0.6 is 11.8 Å². The molecule has 1 heterocycles. The second-order valence-corrected chi connectivity index (χ2v) is 4.93. The lowest BCUT2D eigenvalue weighted by molar-refractivity contribution is -0.117. The van der Waals surface area contributed by atoms with Gasteiger partial charge < -0.3 is 20.5 Å². The lowest BCUT2D eigenvalue weighted by Gasteiger charge is -2.11. The molecule has 0 radical (unpaired) electrons. The first-order valence-corrected chi connectivity index (χ1v) is 7.05. The molecule has 6 heteroatoms. The lowest BCUT2D eigenvalue weighted by Crippen LogP contribution is -2.36. The fraction of sp³-hybridized carbons (Fsp3) is 0.417. The van der Waals surface area contributed by atoms with Crippen molar-refractivity contribution in [3.05, 3.63) is 18.2 Å². The zero-order valence-electron chi connectivity index (χ0n) is 10.1. The van der Waals surface area contributed by atoms with Crippen molar-refractivity contribution in [1.82, 2.24) is 0 Å². The lowest BCUT2D eigenvalue weighted by atomic mass is 10.2. The Morgan fingerprint density at radius 2 is 2.28 bits per heavy atom. The number of rotatable bonds is 5. The predicted molar refractivity (Wildman–Crippen MR) is 72.2 cm³/mol. The summed E-state index contributed by atoms with van der Waals surface area (Å²) in [6, 6.07) is 4.79. The molecule has 5 nitrogen and oxygen atoms in total. The van der Waals surface area contributed by atoms with Crippen LogP contribution in [0.1, 0.15) is 6.42 Å². The number of carbonyl (C=O) groups excluding carboxylic acids is 1. The summed E-state index contributed by atoms with van der Waals surface area (Å²) in [7, 11) is 0. The molecule has 1 aliphatic heterocycles. The minimum atomic E-state index is -0.483. The van der Waals surface area contributed by atoms with Gasteiger partial charge in [0.05, 0.1) is 6.04 Å². The highest BCUT2D eigenvalue weighted by molar-refractivity contribution is 7.98. The predicted octanol–water partition coefficient (Wildman–Crippen LogP) is 1.43. The van der Waals surface area contributed by atoms with E-state index in [1.165, 1.54) is 0 Å². The summed E-state index contributed by atoms with van der Waals surface area (Å²) in [5.41, 5.74) is 6.45. The van der Waals surface area contributed by atoms with Gasteiger partial charge in [0.1, 0.15) is 0 Å². The number of nitrogens with one attached hydrogen (secondary N) is 1. The highest BCUT2D eigenvalue weighted by Gasteiger charge is 2.16. The van der Waals surface area contributed by atoms with Crippen molar-refractivity contribution in [2.75, 3.05) is 24.1 Å². The van der Waals surface area contributed by atoms with Crippen LogP contribution in [0, 0.1) is 0 Å². The van der Waals surface area contributed by atoms with Gasteiger partial charge in [-0.1, -0.05) is 0 Å². The highest BCUT2D eigenvalue weighted by atomic mass is 32.2. The van der Waals surface area contributed by atoms with Gasteiger partial charge >= 0.3 is 0 Å². The largest absolute Gasteiger partial charge is 0.454 e. The van der Waals surface area contributed by atoms with Gasteiger partial charge in [0, 0.05) is 11.8 Å². The van der Waals surface area contributed by atoms with Gasteiger partial charge in [-0.3, -0.25) is 4.79 Å². The Bertz CT molecular complexity index is 439. The molecule has 0 aromatic heterocycles. The van der Waals surface area contributed by atoms with Crippen molar-refractivity contribution in [3.8, 4) is 11.5 Å². The number of hydrogen-bond acceptors (Lipinski definition) is 5. The van der Waals surface area contributed by atoms with E-state index in [0.717, 1.165) is 5.75 Å². The van der Waals surface area contributed by atoms with E-state index in [2.05, 4.69) is 5.32 Å². The SMILES string of the molecule is CSCC[C@@H](N)C(=O)Nc1ccc2c(c1)OCO2. The summed E-state index contributed by atoms with van der Waals surface area (Å²) in [6.07, 6.45) is 2.65. The second kappa shape index (κ2) is 5.97. The molecule has 0 bridgehead atoms. The van der Waals surface area contributed by atoms with Gasteiger partial charge in [-0.2, -0.15) is 11.8 Å². The third-order valence-corrected chi connectivity index (χ3v) is 3.25. The maximum absolute atomic E-state index is 11.8. The van der Waals surface area contributed by atoms with Gasteiger partial charge in [-0.05, 0) is 30.6 Å². The van der Waals surface area contributed by atoms with Crippen LogP contribution < -0.4 is 20.5 Å². The Morgan fingerprint density at radius 3 is 3.06 bits per heavy atom. The minimum Gasteiger partial charge on any atom is -0.454 e. The summed E-state index contributed by atoms with van der Waals surface area (Å²) in [5, 5.41) is 2.77. The van der Waals surface area contributed by atoms with E-state index in [-0.39, 0.29) is 12.7 Å². The topological polar surface area (TPSA) is 73.6 Å². The molecule has 0 aliphatic carbocycles. The number of thioether (sulfide) groups is 1. The molecule has 0 fully saturated rings. The molecular formula is C12H16N2O3S. The van der Waals surface area contributed by atoms with Gasteiger partial charge in [0.15, 0.2) is 11.5 Å². The molecule has 18 heavy (non-hydrogen) atoms. The van der Waals surface area contributed by atoms with E-state index in [1.54, 1.807) is 30.0 Å². The van der Waals surface area contributed by atoms with E-state index >= 15 is 0 Å². The van der Waals surface area contributed by atoms with Crippen LogP contribution in [0.25, 0.3) is 0 Å².